The highest BCUT2D eigenvalue weighted by Crippen LogP contribution is 2.30. The van der Waals surface area contributed by atoms with Gasteiger partial charge in [0.2, 0.25) is 5.91 Å². The zero-order valence-corrected chi connectivity index (χ0v) is 17.3. The molecule has 31 heavy (non-hydrogen) atoms. The Bertz CT molecular complexity index is 1120. The van der Waals surface area contributed by atoms with Crippen LogP contribution in [0.25, 0.3) is 6.08 Å². The van der Waals surface area contributed by atoms with Gasteiger partial charge in [0.15, 0.2) is 23.9 Å². The summed E-state index contributed by atoms with van der Waals surface area (Å²) in [5.41, 5.74) is 2.46. The summed E-state index contributed by atoms with van der Waals surface area (Å²) in [6.45, 7) is 1.94. The molecule has 3 aromatic carbocycles. The monoisotopic (exact) mass is 414 g/mol. The second kappa shape index (κ2) is 10.5. The van der Waals surface area contributed by atoms with Crippen molar-refractivity contribution in [1.82, 2.24) is 0 Å². The maximum absolute atomic E-state index is 12.5. The Morgan fingerprint density at radius 3 is 2.55 bits per heavy atom. The molecule has 0 bridgehead atoms. The first kappa shape index (κ1) is 21.5. The molecule has 0 heterocycles. The highest BCUT2D eigenvalue weighted by Gasteiger charge is 2.08. The van der Waals surface area contributed by atoms with E-state index in [-0.39, 0.29) is 12.5 Å². The van der Waals surface area contributed by atoms with Crippen molar-refractivity contribution in [1.29, 1.82) is 5.26 Å². The first-order valence-corrected chi connectivity index (χ1v) is 9.59. The number of rotatable bonds is 8. The van der Waals surface area contributed by atoms with Crippen LogP contribution in [0.1, 0.15) is 11.1 Å². The minimum atomic E-state index is -0.302. The van der Waals surface area contributed by atoms with Crippen molar-refractivity contribution in [2.45, 2.75) is 6.92 Å². The summed E-state index contributed by atoms with van der Waals surface area (Å²) in [7, 11) is 1.51. The van der Waals surface area contributed by atoms with Crippen LogP contribution >= 0.6 is 0 Å². The fourth-order valence-electron chi connectivity index (χ4n) is 2.76. The Hall–Kier alpha value is -4.24. The van der Waals surface area contributed by atoms with Crippen molar-refractivity contribution in [3.63, 3.8) is 0 Å². The number of benzene rings is 3. The lowest BCUT2D eigenvalue weighted by Gasteiger charge is -2.11. The second-order valence-electron chi connectivity index (χ2n) is 6.59. The van der Waals surface area contributed by atoms with Gasteiger partial charge in [0.25, 0.3) is 0 Å². The molecule has 0 spiro atoms. The summed E-state index contributed by atoms with van der Waals surface area (Å²) in [4.78, 5) is 12.5. The van der Waals surface area contributed by atoms with E-state index in [1.165, 1.54) is 13.2 Å². The van der Waals surface area contributed by atoms with Gasteiger partial charge < -0.3 is 19.5 Å². The lowest BCUT2D eigenvalue weighted by atomic mass is 10.2. The summed E-state index contributed by atoms with van der Waals surface area (Å²) in [5, 5.41) is 11.5. The molecule has 0 fully saturated rings. The third-order valence-electron chi connectivity index (χ3n) is 4.30. The van der Waals surface area contributed by atoms with E-state index in [2.05, 4.69) is 5.32 Å². The molecule has 3 rings (SSSR count). The zero-order chi connectivity index (χ0) is 22.1. The predicted octanol–water partition coefficient (Wildman–Crippen LogP) is 5.35. The number of amides is 1. The van der Waals surface area contributed by atoms with Crippen molar-refractivity contribution in [2.75, 3.05) is 19.0 Å². The molecule has 1 N–H and O–H groups in total. The molecule has 156 valence electrons. The number of ether oxygens (including phenoxy) is 3. The predicted molar refractivity (Wildman–Crippen MR) is 119 cm³/mol. The first-order valence-electron chi connectivity index (χ1n) is 9.59. The Kier molecular flexibility index (Phi) is 7.28. The molecule has 0 aliphatic heterocycles. The fraction of sp³-hybridized carbons (Fsp3) is 0.120. The number of nitrogens with one attached hydrogen (secondary N) is 1. The number of hydrogen-bond acceptors (Lipinski definition) is 5. The summed E-state index contributed by atoms with van der Waals surface area (Å²) >= 11 is 0. The van der Waals surface area contributed by atoms with Gasteiger partial charge in [0.1, 0.15) is 11.8 Å². The van der Waals surface area contributed by atoms with E-state index in [1.54, 1.807) is 36.4 Å². The van der Waals surface area contributed by atoms with E-state index in [0.29, 0.717) is 28.7 Å². The van der Waals surface area contributed by atoms with E-state index < -0.39 is 0 Å². The van der Waals surface area contributed by atoms with Crippen molar-refractivity contribution in [3.8, 4) is 29.1 Å². The first-order chi connectivity index (χ1) is 15.1. The number of anilines is 1. The third kappa shape index (κ3) is 6.12. The molecule has 6 heteroatoms. The lowest BCUT2D eigenvalue weighted by Crippen LogP contribution is -2.08. The van der Waals surface area contributed by atoms with Crippen LogP contribution in [0.5, 0.6) is 23.0 Å². The van der Waals surface area contributed by atoms with E-state index >= 15 is 0 Å². The van der Waals surface area contributed by atoms with Gasteiger partial charge in [-0.25, -0.2) is 0 Å². The molecule has 0 aliphatic rings. The molecule has 6 nitrogen and oxygen atoms in total. The van der Waals surface area contributed by atoms with Crippen LogP contribution in [0.4, 0.5) is 5.69 Å². The number of para-hydroxylation sites is 2. The number of carbonyl (C=O) groups excluding carboxylic acids is 1. The van der Waals surface area contributed by atoms with Crippen LogP contribution in [0, 0.1) is 18.3 Å². The van der Waals surface area contributed by atoms with Crippen molar-refractivity contribution < 1.29 is 19.0 Å². The number of hydrogen-bond donors (Lipinski definition) is 1. The van der Waals surface area contributed by atoms with Crippen molar-refractivity contribution in [3.05, 3.63) is 83.9 Å². The molecular formula is C25H22N2O4. The average Bonchev–Trinajstić information content (AvgIpc) is 2.79. The normalized spacial score (nSPS) is 10.4. The molecule has 0 unspecified atom stereocenters. The number of nitriles is 1. The fourth-order valence-corrected chi connectivity index (χ4v) is 2.76. The van der Waals surface area contributed by atoms with E-state index in [9.17, 15) is 4.79 Å². The van der Waals surface area contributed by atoms with Crippen LogP contribution < -0.4 is 19.5 Å². The molecule has 0 saturated carbocycles. The van der Waals surface area contributed by atoms with Gasteiger partial charge in [-0.1, -0.05) is 35.9 Å². The average molecular weight is 414 g/mol. The molecule has 0 saturated heterocycles. The van der Waals surface area contributed by atoms with Gasteiger partial charge >= 0.3 is 0 Å². The largest absolute Gasteiger partial charge is 0.493 e. The highest BCUT2D eigenvalue weighted by atomic mass is 16.5. The van der Waals surface area contributed by atoms with Crippen LogP contribution in [0.15, 0.2) is 72.8 Å². The SMILES string of the molecule is COc1cc(C=CC(=O)Nc2ccccc2Oc2ccc(C)cc2)ccc1OCC#N. The van der Waals surface area contributed by atoms with Gasteiger partial charge in [0.05, 0.1) is 12.8 Å². The van der Waals surface area contributed by atoms with Gasteiger partial charge in [-0.2, -0.15) is 5.26 Å². The third-order valence-corrected chi connectivity index (χ3v) is 4.30. The summed E-state index contributed by atoms with van der Waals surface area (Å²) in [5.74, 6) is 1.88. The van der Waals surface area contributed by atoms with Crippen LogP contribution in [-0.2, 0) is 4.79 Å². The zero-order valence-electron chi connectivity index (χ0n) is 17.3. The van der Waals surface area contributed by atoms with Crippen LogP contribution in [0.2, 0.25) is 0 Å². The highest BCUT2D eigenvalue weighted by molar-refractivity contribution is 6.02. The van der Waals surface area contributed by atoms with Gasteiger partial charge in [-0.15, -0.1) is 0 Å². The Morgan fingerprint density at radius 1 is 1.03 bits per heavy atom. The van der Waals surface area contributed by atoms with Crippen molar-refractivity contribution in [2.24, 2.45) is 0 Å². The molecule has 3 aromatic rings. The Labute approximate surface area is 181 Å². The van der Waals surface area contributed by atoms with E-state index in [4.69, 9.17) is 19.5 Å². The molecule has 0 radical (unpaired) electrons. The number of carbonyl (C=O) groups is 1. The number of aryl methyl sites for hydroxylation is 1. The Morgan fingerprint density at radius 2 is 1.81 bits per heavy atom. The lowest BCUT2D eigenvalue weighted by molar-refractivity contribution is -0.111. The van der Waals surface area contributed by atoms with Crippen molar-refractivity contribution >= 4 is 17.7 Å². The maximum atomic E-state index is 12.5. The topological polar surface area (TPSA) is 80.6 Å². The number of methoxy groups -OCH3 is 1. The minimum absolute atomic E-state index is 0.0714. The summed E-state index contributed by atoms with van der Waals surface area (Å²) in [6.07, 6.45) is 3.09. The van der Waals surface area contributed by atoms with Gasteiger partial charge in [-0.3, -0.25) is 4.79 Å². The standard InChI is InChI=1S/C25H22N2O4/c1-18-7-11-20(12-8-18)31-22-6-4-3-5-21(22)27-25(28)14-10-19-9-13-23(30-16-15-26)24(17-19)29-2/h3-14,17H,16H2,1-2H3,(H,27,28). The van der Waals surface area contributed by atoms with Gasteiger partial charge in [-0.05, 0) is 55.0 Å². The quantitative estimate of drug-likeness (QED) is 0.503. The molecular weight excluding hydrogens is 392 g/mol. The number of nitrogens with zero attached hydrogens (tertiary/aromatic N) is 1. The van der Waals surface area contributed by atoms with E-state index in [1.807, 2.05) is 49.4 Å². The molecule has 0 aromatic heterocycles. The summed E-state index contributed by atoms with van der Waals surface area (Å²) in [6, 6.07) is 22.0. The molecule has 0 atom stereocenters. The smallest absolute Gasteiger partial charge is 0.248 e. The summed E-state index contributed by atoms with van der Waals surface area (Å²) < 4.78 is 16.5. The van der Waals surface area contributed by atoms with Gasteiger partial charge in [0, 0.05) is 6.08 Å². The molecule has 0 aliphatic carbocycles. The van der Waals surface area contributed by atoms with E-state index in [0.717, 1.165) is 11.1 Å². The maximum Gasteiger partial charge on any atom is 0.248 e. The minimum Gasteiger partial charge on any atom is -0.493 e. The molecule has 1 amide bonds. The van der Waals surface area contributed by atoms with Crippen LogP contribution in [-0.4, -0.2) is 19.6 Å². The second-order valence-corrected chi connectivity index (χ2v) is 6.59. The van der Waals surface area contributed by atoms with Crippen LogP contribution in [0.3, 0.4) is 0 Å². The Balaban J connectivity index is 1.69.